The molecule has 8 fully saturated rings. The average molecular weight is 233 g/mol. The molecule has 0 spiro atoms. The van der Waals surface area contributed by atoms with E-state index in [1.165, 1.54) is 37.1 Å². The van der Waals surface area contributed by atoms with Crippen molar-refractivity contribution in [1.29, 1.82) is 0 Å². The van der Waals surface area contributed by atoms with Crippen LogP contribution in [0.25, 0.3) is 0 Å². The number of quaternary nitrogens is 1. The second kappa shape index (κ2) is 2.09. The lowest BCUT2D eigenvalue weighted by molar-refractivity contribution is -1.12. The number of hydrazine groups is 1. The molecular weight excluding hydrogens is 212 g/mol. The minimum atomic E-state index is 0.633. The quantitative estimate of drug-likeness (QED) is 0.573. The molecule has 0 amide bonds. The molecule has 0 radical (unpaired) electrons. The monoisotopic (exact) mass is 233 g/mol. The molecule has 2 unspecified atom stereocenters. The first-order chi connectivity index (χ1) is 8.18. The van der Waals surface area contributed by atoms with Crippen LogP contribution in [-0.4, -0.2) is 57.7 Å². The predicted molar refractivity (Wildman–Crippen MR) is 61.8 cm³/mol. The molecule has 92 valence electrons. The third kappa shape index (κ3) is 0.556. The number of nitrogens with zero attached hydrogens (tertiary/aromatic N) is 4. The van der Waals surface area contributed by atoms with E-state index in [4.69, 9.17) is 0 Å². The van der Waals surface area contributed by atoms with Crippen LogP contribution in [0.15, 0.2) is 0 Å². The van der Waals surface area contributed by atoms with Gasteiger partial charge in [-0.15, -0.1) is 5.01 Å². The van der Waals surface area contributed by atoms with Crippen molar-refractivity contribution in [3.8, 4) is 0 Å². The molecule has 2 aliphatic carbocycles. The van der Waals surface area contributed by atoms with Crippen molar-refractivity contribution in [1.82, 2.24) is 15.1 Å². The van der Waals surface area contributed by atoms with Gasteiger partial charge in [-0.3, -0.25) is 0 Å². The van der Waals surface area contributed by atoms with Gasteiger partial charge in [-0.1, -0.05) is 12.0 Å². The number of rotatable bonds is 0. The summed E-state index contributed by atoms with van der Waals surface area (Å²) in [7, 11) is 2.50. The van der Waals surface area contributed by atoms with E-state index in [1.807, 2.05) is 0 Å². The maximum absolute atomic E-state index is 2.82. The fraction of sp³-hybridized carbons (Fsp3) is 1.00. The Hall–Kier alpha value is -0.160. The molecule has 4 heteroatoms. The van der Waals surface area contributed by atoms with Crippen molar-refractivity contribution < 1.29 is 4.70 Å². The number of fused-ring (bicyclic) bond motifs is 2. The van der Waals surface area contributed by atoms with Crippen LogP contribution in [0.3, 0.4) is 0 Å². The molecule has 6 aliphatic heterocycles. The minimum absolute atomic E-state index is 0.633. The Kier molecular flexibility index (Phi) is 1.09. The van der Waals surface area contributed by atoms with Crippen molar-refractivity contribution in [2.45, 2.75) is 56.8 Å². The molecule has 6 saturated heterocycles. The van der Waals surface area contributed by atoms with E-state index in [9.17, 15) is 0 Å². The lowest BCUT2D eigenvalue weighted by Crippen LogP contribution is -2.78. The Labute approximate surface area is 102 Å². The van der Waals surface area contributed by atoms with Crippen molar-refractivity contribution in [3.05, 3.63) is 0 Å². The molecule has 7 atom stereocenters. The van der Waals surface area contributed by atoms with Crippen LogP contribution in [0.1, 0.15) is 32.6 Å². The summed E-state index contributed by atoms with van der Waals surface area (Å²) in [5, 5.41) is 8.37. The van der Waals surface area contributed by atoms with Gasteiger partial charge in [0.1, 0.15) is 19.8 Å². The van der Waals surface area contributed by atoms with E-state index < -0.39 is 0 Å². The second-order valence-corrected chi connectivity index (χ2v) is 7.53. The molecule has 0 N–H and O–H groups in total. The molecule has 6 heterocycles. The third-order valence-corrected chi connectivity index (χ3v) is 7.58. The lowest BCUT2D eigenvalue weighted by atomic mass is 9.51. The zero-order valence-corrected chi connectivity index (χ0v) is 10.7. The highest BCUT2D eigenvalue weighted by Gasteiger charge is 2.87. The highest BCUT2D eigenvalue weighted by molar-refractivity contribution is 5.20. The molecule has 0 aromatic carbocycles. The highest BCUT2D eigenvalue weighted by Crippen LogP contribution is 2.72. The number of hydrogen-bond donors (Lipinski definition) is 0. The van der Waals surface area contributed by atoms with Gasteiger partial charge < -0.3 is 0 Å². The first kappa shape index (κ1) is 8.86. The highest BCUT2D eigenvalue weighted by atomic mass is 16.2. The second-order valence-electron chi connectivity index (χ2n) is 7.53. The summed E-state index contributed by atoms with van der Waals surface area (Å²) in [4.78, 5) is 0. The molecule has 17 heavy (non-hydrogen) atoms. The summed E-state index contributed by atoms with van der Waals surface area (Å²) in [6.07, 6.45) is 5.87. The largest absolute Gasteiger partial charge is 0.172 e. The molecule has 0 aromatic rings. The summed E-state index contributed by atoms with van der Waals surface area (Å²) in [5.74, 6) is 0.985. The topological polar surface area (TPSA) is 9.72 Å². The minimum Gasteiger partial charge on any atom is -0.172 e. The molecule has 8 rings (SSSR count). The van der Waals surface area contributed by atoms with Gasteiger partial charge in [0.2, 0.25) is 0 Å². The normalized spacial score (nSPS) is 71.3. The molecule has 2 saturated carbocycles. The Morgan fingerprint density at radius 1 is 1.12 bits per heavy atom. The first-order valence-electron chi connectivity index (χ1n) is 7.38. The van der Waals surface area contributed by atoms with Gasteiger partial charge in [-0.25, -0.2) is 0 Å². The van der Waals surface area contributed by atoms with Gasteiger partial charge in [-0.2, -0.15) is 9.71 Å². The van der Waals surface area contributed by atoms with E-state index in [1.54, 1.807) is 0 Å². The Morgan fingerprint density at radius 3 is 2.82 bits per heavy atom. The van der Waals surface area contributed by atoms with E-state index in [0.717, 1.165) is 30.1 Å². The van der Waals surface area contributed by atoms with Crippen molar-refractivity contribution in [2.75, 3.05) is 13.7 Å². The summed E-state index contributed by atoms with van der Waals surface area (Å²) >= 11 is 0. The Balaban J connectivity index is 1.75. The Bertz CT molecular complexity index is 437. The van der Waals surface area contributed by atoms with E-state index in [2.05, 4.69) is 29.1 Å². The maximum Gasteiger partial charge on any atom is 0.134 e. The van der Waals surface area contributed by atoms with Gasteiger partial charge in [0.25, 0.3) is 0 Å². The molecule has 0 aromatic heterocycles. The average Bonchev–Trinajstić information content (AvgIpc) is 2.73. The van der Waals surface area contributed by atoms with Crippen molar-refractivity contribution in [3.63, 3.8) is 0 Å². The van der Waals surface area contributed by atoms with Gasteiger partial charge in [0.15, 0.2) is 0 Å². The number of hydrogen-bond acceptors (Lipinski definition) is 3. The van der Waals surface area contributed by atoms with Crippen LogP contribution in [0.4, 0.5) is 0 Å². The fourth-order valence-corrected chi connectivity index (χ4v) is 7.33. The Morgan fingerprint density at radius 2 is 1.94 bits per heavy atom. The fourth-order valence-electron chi connectivity index (χ4n) is 7.33. The summed E-state index contributed by atoms with van der Waals surface area (Å²) in [6, 6.07) is 3.52. The smallest absolute Gasteiger partial charge is 0.134 e. The van der Waals surface area contributed by atoms with Crippen LogP contribution < -0.4 is 0 Å². The molecule has 4 nitrogen and oxygen atoms in total. The SMILES string of the molecule is C[C@]12C3CC[C@H]4[C@@H]1[C@H]1CC[C@@H]2N2N1CN4[N+]32C. The van der Waals surface area contributed by atoms with E-state index in [-0.39, 0.29) is 0 Å². The maximum atomic E-state index is 2.82. The zero-order chi connectivity index (χ0) is 11.2. The third-order valence-electron chi connectivity index (χ3n) is 7.58. The van der Waals surface area contributed by atoms with Crippen LogP contribution in [0.2, 0.25) is 0 Å². The predicted octanol–water partition coefficient (Wildman–Crippen LogP) is 0.780. The van der Waals surface area contributed by atoms with E-state index in [0.29, 0.717) is 5.41 Å². The van der Waals surface area contributed by atoms with Crippen LogP contribution in [-0.2, 0) is 0 Å². The molecular formula is C13H21N4+. The first-order valence-corrected chi connectivity index (χ1v) is 7.38. The lowest BCUT2D eigenvalue weighted by Gasteiger charge is -2.64. The summed E-state index contributed by atoms with van der Waals surface area (Å²) < 4.78 is 1.17. The van der Waals surface area contributed by atoms with E-state index >= 15 is 0 Å². The standard InChI is InChI=1S/C13H21N4/c1-13-10-5-3-8-12(13)9-4-6-11(13)17(2)15(9)7-14(8)16(10)17/h8-12H,3-7H2,1-2H3/q+1/t8-,9+,10+,11?,12+,13+,17?/m1/s1. The van der Waals surface area contributed by atoms with Gasteiger partial charge in [0, 0.05) is 18.4 Å². The van der Waals surface area contributed by atoms with Crippen LogP contribution in [0.5, 0.6) is 0 Å². The summed E-state index contributed by atoms with van der Waals surface area (Å²) in [6.45, 7) is 3.87. The zero-order valence-electron chi connectivity index (χ0n) is 10.7. The van der Waals surface area contributed by atoms with Gasteiger partial charge >= 0.3 is 0 Å². The van der Waals surface area contributed by atoms with Gasteiger partial charge in [-0.05, 0) is 19.3 Å². The molecule has 7 bridgehead atoms. The van der Waals surface area contributed by atoms with Crippen LogP contribution >= 0.6 is 0 Å². The van der Waals surface area contributed by atoms with Crippen molar-refractivity contribution >= 4 is 0 Å². The van der Waals surface area contributed by atoms with Crippen LogP contribution in [0, 0.1) is 11.3 Å². The van der Waals surface area contributed by atoms with Crippen molar-refractivity contribution in [2.24, 2.45) is 11.3 Å². The molecule has 8 aliphatic rings. The summed E-state index contributed by atoms with van der Waals surface area (Å²) in [5.41, 5.74) is 0.633. The van der Waals surface area contributed by atoms with Gasteiger partial charge in [0.05, 0.1) is 17.5 Å².